The zero-order chi connectivity index (χ0) is 22.2. The minimum atomic E-state index is -4.79. The fourth-order valence-electron chi connectivity index (χ4n) is 4.52. The van der Waals surface area contributed by atoms with Gasteiger partial charge in [0.05, 0.1) is 15.9 Å². The standard InChI is InChI=1S/C20H23F3N4O3S.ClH/c21-20(22,23)13-11-15-17(16(12-13)27(29)30)31-19(24-18(15)28)26-8-4-7-25(9-10-26)14-5-2-1-3-6-14;/h11-12,14H,1-10H2;1H. The molecule has 2 fully saturated rings. The number of anilines is 1. The van der Waals surface area contributed by atoms with Crippen molar-refractivity contribution in [2.75, 3.05) is 31.1 Å². The topological polar surface area (TPSA) is 79.6 Å². The number of hydrogen-bond acceptors (Lipinski definition) is 7. The highest BCUT2D eigenvalue weighted by atomic mass is 35.5. The average Bonchev–Trinajstić information content (AvgIpc) is 2.99. The number of halogens is 4. The van der Waals surface area contributed by atoms with Gasteiger partial charge in [0.2, 0.25) is 0 Å². The Balaban J connectivity index is 0.00000289. The summed E-state index contributed by atoms with van der Waals surface area (Å²) in [6.45, 7) is 3.02. The molecule has 1 aromatic heterocycles. The van der Waals surface area contributed by atoms with E-state index in [-0.39, 0.29) is 22.5 Å². The monoisotopic (exact) mass is 492 g/mol. The van der Waals surface area contributed by atoms with Crippen molar-refractivity contribution in [3.8, 4) is 0 Å². The lowest BCUT2D eigenvalue weighted by atomic mass is 9.94. The summed E-state index contributed by atoms with van der Waals surface area (Å²) in [5, 5.41) is 11.4. The maximum absolute atomic E-state index is 13.1. The van der Waals surface area contributed by atoms with Gasteiger partial charge in [-0.2, -0.15) is 18.2 Å². The van der Waals surface area contributed by atoms with E-state index in [0.717, 1.165) is 30.8 Å². The Labute approximate surface area is 192 Å². The van der Waals surface area contributed by atoms with E-state index in [9.17, 15) is 28.1 Å². The van der Waals surface area contributed by atoms with Crippen molar-refractivity contribution in [1.29, 1.82) is 0 Å². The summed E-state index contributed by atoms with van der Waals surface area (Å²) in [5.41, 5.74) is -2.80. The SMILES string of the molecule is Cl.O=c1nc(N2CCCN(C3CCCCC3)CC2)sc2c([N+](=O)[O-])cc(C(F)(F)F)cc12. The van der Waals surface area contributed by atoms with Crippen LogP contribution in [0.4, 0.5) is 24.0 Å². The molecular formula is C20H24ClF3N4O3S. The molecule has 0 amide bonds. The zero-order valence-electron chi connectivity index (χ0n) is 17.3. The summed E-state index contributed by atoms with van der Waals surface area (Å²) in [7, 11) is 0. The van der Waals surface area contributed by atoms with Gasteiger partial charge in [-0.1, -0.05) is 30.6 Å². The summed E-state index contributed by atoms with van der Waals surface area (Å²) in [4.78, 5) is 31.6. The smallest absolute Gasteiger partial charge is 0.347 e. The molecule has 1 aliphatic carbocycles. The molecule has 12 heteroatoms. The molecule has 0 unspecified atom stereocenters. The molecule has 1 saturated heterocycles. The summed E-state index contributed by atoms with van der Waals surface area (Å²) in [6.07, 6.45) is 2.21. The molecule has 0 N–H and O–H groups in total. The highest BCUT2D eigenvalue weighted by molar-refractivity contribution is 7.22. The summed E-state index contributed by atoms with van der Waals surface area (Å²) >= 11 is 0.915. The Morgan fingerprint density at radius 1 is 1.06 bits per heavy atom. The van der Waals surface area contributed by atoms with Crippen LogP contribution in [0.25, 0.3) is 10.1 Å². The fourth-order valence-corrected chi connectivity index (χ4v) is 5.63. The number of nitro benzene ring substituents is 1. The summed E-state index contributed by atoms with van der Waals surface area (Å²) < 4.78 is 39.4. The Morgan fingerprint density at radius 2 is 1.78 bits per heavy atom. The van der Waals surface area contributed by atoms with E-state index in [4.69, 9.17) is 0 Å². The van der Waals surface area contributed by atoms with Crippen LogP contribution in [-0.2, 0) is 6.18 Å². The van der Waals surface area contributed by atoms with Crippen LogP contribution in [-0.4, -0.2) is 47.0 Å². The van der Waals surface area contributed by atoms with E-state index in [2.05, 4.69) is 9.88 Å². The molecule has 0 radical (unpaired) electrons. The third-order valence-electron chi connectivity index (χ3n) is 6.11. The van der Waals surface area contributed by atoms with Crippen molar-refractivity contribution < 1.29 is 18.1 Å². The number of nitrogens with zero attached hydrogens (tertiary/aromatic N) is 4. The van der Waals surface area contributed by atoms with Crippen LogP contribution in [0.3, 0.4) is 0 Å². The first kappa shape index (κ1) is 24.7. The van der Waals surface area contributed by atoms with E-state index in [0.29, 0.717) is 36.4 Å². The summed E-state index contributed by atoms with van der Waals surface area (Å²) in [5.74, 6) is 0. The molecule has 1 aliphatic heterocycles. The van der Waals surface area contributed by atoms with Gasteiger partial charge in [-0.25, -0.2) is 0 Å². The van der Waals surface area contributed by atoms with Crippen molar-refractivity contribution >= 4 is 44.6 Å². The average molecular weight is 493 g/mol. The lowest BCUT2D eigenvalue weighted by Gasteiger charge is -2.33. The molecule has 0 atom stereocenters. The Bertz CT molecular complexity index is 1040. The highest BCUT2D eigenvalue weighted by Crippen LogP contribution is 2.38. The van der Waals surface area contributed by atoms with E-state index < -0.39 is 27.9 Å². The summed E-state index contributed by atoms with van der Waals surface area (Å²) in [6, 6.07) is 1.72. The predicted molar refractivity (Wildman–Crippen MR) is 120 cm³/mol. The molecule has 4 rings (SSSR count). The Hall–Kier alpha value is -1.98. The third-order valence-corrected chi connectivity index (χ3v) is 7.27. The second kappa shape index (κ2) is 9.88. The normalized spacial score (nSPS) is 18.9. The first-order chi connectivity index (χ1) is 14.7. The number of fused-ring (bicyclic) bond motifs is 1. The zero-order valence-corrected chi connectivity index (χ0v) is 18.9. The quantitative estimate of drug-likeness (QED) is 0.450. The minimum Gasteiger partial charge on any atom is -0.347 e. The van der Waals surface area contributed by atoms with Gasteiger partial charge in [0.1, 0.15) is 4.70 Å². The molecule has 1 aromatic carbocycles. The van der Waals surface area contributed by atoms with Gasteiger partial charge >= 0.3 is 6.18 Å². The maximum Gasteiger partial charge on any atom is 0.416 e. The van der Waals surface area contributed by atoms with E-state index in [1.807, 2.05) is 4.90 Å². The molecular weight excluding hydrogens is 469 g/mol. The van der Waals surface area contributed by atoms with Crippen LogP contribution in [0.15, 0.2) is 16.9 Å². The molecule has 7 nitrogen and oxygen atoms in total. The molecule has 2 aromatic rings. The van der Waals surface area contributed by atoms with Crippen LogP contribution in [0.5, 0.6) is 0 Å². The number of hydrogen-bond donors (Lipinski definition) is 0. The first-order valence-electron chi connectivity index (χ1n) is 10.4. The third kappa shape index (κ3) is 5.15. The fraction of sp³-hybridized carbons (Fsp3) is 0.600. The van der Waals surface area contributed by atoms with Crippen molar-refractivity contribution in [2.45, 2.75) is 50.7 Å². The van der Waals surface area contributed by atoms with Crippen LogP contribution in [0.2, 0.25) is 0 Å². The number of non-ortho nitro benzene ring substituents is 1. The van der Waals surface area contributed by atoms with Gasteiger partial charge in [-0.3, -0.25) is 19.8 Å². The van der Waals surface area contributed by atoms with Crippen LogP contribution < -0.4 is 10.5 Å². The molecule has 2 heterocycles. The predicted octanol–water partition coefficient (Wildman–Crippen LogP) is 4.85. The first-order valence-corrected chi connectivity index (χ1v) is 11.2. The second-order valence-electron chi connectivity index (χ2n) is 8.10. The molecule has 0 bridgehead atoms. The van der Waals surface area contributed by atoms with Gasteiger partial charge in [-0.15, -0.1) is 12.4 Å². The van der Waals surface area contributed by atoms with Crippen molar-refractivity contribution in [1.82, 2.24) is 9.88 Å². The van der Waals surface area contributed by atoms with Gasteiger partial charge < -0.3 is 4.90 Å². The lowest BCUT2D eigenvalue weighted by molar-refractivity contribution is -0.383. The maximum atomic E-state index is 13.1. The van der Waals surface area contributed by atoms with Crippen molar-refractivity contribution in [3.05, 3.63) is 38.2 Å². The van der Waals surface area contributed by atoms with Crippen molar-refractivity contribution in [3.63, 3.8) is 0 Å². The van der Waals surface area contributed by atoms with Crippen LogP contribution in [0.1, 0.15) is 44.1 Å². The molecule has 32 heavy (non-hydrogen) atoms. The van der Waals surface area contributed by atoms with Gasteiger partial charge in [0, 0.05) is 38.3 Å². The number of aromatic nitrogens is 1. The van der Waals surface area contributed by atoms with Crippen LogP contribution in [0, 0.1) is 10.1 Å². The number of rotatable bonds is 3. The van der Waals surface area contributed by atoms with E-state index in [1.54, 1.807) is 0 Å². The van der Waals surface area contributed by atoms with Crippen molar-refractivity contribution in [2.24, 2.45) is 0 Å². The number of nitro groups is 1. The van der Waals surface area contributed by atoms with Gasteiger partial charge in [0.25, 0.3) is 11.2 Å². The molecule has 0 spiro atoms. The molecule has 2 aliphatic rings. The van der Waals surface area contributed by atoms with E-state index >= 15 is 0 Å². The molecule has 176 valence electrons. The Kier molecular flexibility index (Phi) is 7.61. The lowest BCUT2D eigenvalue weighted by Crippen LogP contribution is -2.39. The second-order valence-corrected chi connectivity index (χ2v) is 9.07. The highest BCUT2D eigenvalue weighted by Gasteiger charge is 2.34. The minimum absolute atomic E-state index is 0. The van der Waals surface area contributed by atoms with Gasteiger partial charge in [-0.05, 0) is 25.3 Å². The molecule has 1 saturated carbocycles. The number of benzene rings is 1. The Morgan fingerprint density at radius 3 is 2.44 bits per heavy atom. The number of alkyl halides is 3. The van der Waals surface area contributed by atoms with Crippen LogP contribution >= 0.6 is 23.7 Å². The van der Waals surface area contributed by atoms with E-state index in [1.165, 1.54) is 32.1 Å². The van der Waals surface area contributed by atoms with Gasteiger partial charge in [0.15, 0.2) is 5.13 Å². The largest absolute Gasteiger partial charge is 0.416 e.